The number of rotatable bonds is 3. The largest absolute Gasteiger partial charge is 0.545 e. The summed E-state index contributed by atoms with van der Waals surface area (Å²) in [6, 6.07) is 7.97. The molecule has 0 aliphatic carbocycles. The molecule has 2 aromatic carbocycles. The molecule has 126 valence electrons. The zero-order valence-electron chi connectivity index (χ0n) is 12.8. The average Bonchev–Trinajstić information content (AvgIpc) is 2.80. The molecule has 1 aliphatic heterocycles. The first-order chi connectivity index (χ1) is 11.8. The van der Waals surface area contributed by atoms with E-state index in [0.29, 0.717) is 0 Å². The number of imide groups is 1. The van der Waals surface area contributed by atoms with Crippen molar-refractivity contribution in [1.29, 1.82) is 0 Å². The van der Waals surface area contributed by atoms with E-state index in [4.69, 9.17) is 11.6 Å². The van der Waals surface area contributed by atoms with Gasteiger partial charge in [-0.2, -0.15) is 0 Å². The highest BCUT2D eigenvalue weighted by Gasteiger charge is 2.33. The molecule has 1 heterocycles. The normalized spacial score (nSPS) is 13.0. The maximum absolute atomic E-state index is 12.4. The van der Waals surface area contributed by atoms with Crippen molar-refractivity contribution in [2.45, 2.75) is 0 Å². The van der Waals surface area contributed by atoms with Gasteiger partial charge in [-0.15, -0.1) is 0 Å². The van der Waals surface area contributed by atoms with Crippen LogP contribution >= 0.6 is 11.6 Å². The van der Waals surface area contributed by atoms with E-state index in [2.05, 4.69) is 5.32 Å². The minimum absolute atomic E-state index is 0.00872. The Morgan fingerprint density at radius 2 is 1.72 bits per heavy atom. The molecule has 0 fully saturated rings. The topological polar surface area (TPSA) is 107 Å². The van der Waals surface area contributed by atoms with E-state index in [1.54, 1.807) is 0 Å². The Morgan fingerprint density at radius 3 is 2.40 bits per heavy atom. The molecule has 0 saturated heterocycles. The van der Waals surface area contributed by atoms with E-state index in [1.165, 1.54) is 37.4 Å². The lowest BCUT2D eigenvalue weighted by Crippen LogP contribution is -2.25. The van der Waals surface area contributed by atoms with E-state index >= 15 is 0 Å². The van der Waals surface area contributed by atoms with Gasteiger partial charge in [0, 0.05) is 23.2 Å². The summed E-state index contributed by atoms with van der Waals surface area (Å²) in [7, 11) is 1.35. The minimum atomic E-state index is -1.49. The number of hydrogen-bond donors (Lipinski definition) is 1. The number of nitrogens with zero attached hydrogens (tertiary/aromatic N) is 1. The summed E-state index contributed by atoms with van der Waals surface area (Å²) in [5.74, 6) is -3.07. The Morgan fingerprint density at radius 1 is 1.04 bits per heavy atom. The zero-order chi connectivity index (χ0) is 18.3. The van der Waals surface area contributed by atoms with Crippen molar-refractivity contribution < 1.29 is 24.3 Å². The van der Waals surface area contributed by atoms with Crippen LogP contribution in [-0.4, -0.2) is 35.6 Å². The molecule has 3 amide bonds. The molecule has 1 aliphatic rings. The van der Waals surface area contributed by atoms with Gasteiger partial charge >= 0.3 is 0 Å². The molecule has 7 nitrogen and oxygen atoms in total. The fourth-order valence-corrected chi connectivity index (χ4v) is 2.66. The third kappa shape index (κ3) is 2.85. The molecule has 3 rings (SSSR count). The van der Waals surface area contributed by atoms with Gasteiger partial charge in [-0.05, 0) is 36.4 Å². The molecule has 25 heavy (non-hydrogen) atoms. The number of nitrogens with one attached hydrogen (secondary N) is 1. The maximum atomic E-state index is 12.4. The Hall–Kier alpha value is -3.19. The lowest BCUT2D eigenvalue weighted by molar-refractivity contribution is -0.254. The Kier molecular flexibility index (Phi) is 4.02. The van der Waals surface area contributed by atoms with Crippen LogP contribution in [0.5, 0.6) is 0 Å². The van der Waals surface area contributed by atoms with Crippen molar-refractivity contribution in [3.8, 4) is 0 Å². The highest BCUT2D eigenvalue weighted by atomic mass is 35.5. The Balaban J connectivity index is 1.93. The van der Waals surface area contributed by atoms with E-state index in [1.807, 2.05) is 0 Å². The predicted molar refractivity (Wildman–Crippen MR) is 86.6 cm³/mol. The molecule has 0 saturated carbocycles. The van der Waals surface area contributed by atoms with Gasteiger partial charge in [0.25, 0.3) is 17.7 Å². The second kappa shape index (κ2) is 6.03. The van der Waals surface area contributed by atoms with E-state index < -0.39 is 23.7 Å². The molecule has 0 bridgehead atoms. The average molecular weight is 358 g/mol. The Bertz CT molecular complexity index is 954. The second-order valence-electron chi connectivity index (χ2n) is 5.36. The zero-order valence-corrected chi connectivity index (χ0v) is 13.6. The minimum Gasteiger partial charge on any atom is -0.545 e. The first-order valence-electron chi connectivity index (χ1n) is 7.08. The standard InChI is InChI=1S/C17H11ClN2O5/c1-20-15(22)10-4-2-8(6-11(10)16(20)23)14(21)19-13-5-3-9(18)7-12(13)17(24)25/h2-7H,1H3,(H,19,21)(H,24,25)/p-1. The predicted octanol–water partition coefficient (Wildman–Crippen LogP) is 1.18. The smallest absolute Gasteiger partial charge is 0.261 e. The SMILES string of the molecule is CN1C(=O)c2ccc(C(=O)Nc3ccc(Cl)cc3C(=O)[O-])cc2C1=O. The van der Waals surface area contributed by atoms with E-state index in [0.717, 1.165) is 11.0 Å². The van der Waals surface area contributed by atoms with Crippen LogP contribution in [0, 0.1) is 0 Å². The molecule has 0 aromatic heterocycles. The summed E-state index contributed by atoms with van der Waals surface area (Å²) in [5, 5.41) is 13.8. The quantitative estimate of drug-likeness (QED) is 0.830. The summed E-state index contributed by atoms with van der Waals surface area (Å²) in [6.07, 6.45) is 0. The molecular weight excluding hydrogens is 348 g/mol. The van der Waals surface area contributed by atoms with Crippen molar-refractivity contribution in [3.63, 3.8) is 0 Å². The van der Waals surface area contributed by atoms with Gasteiger partial charge in [-0.25, -0.2) is 0 Å². The highest BCUT2D eigenvalue weighted by molar-refractivity contribution is 6.31. The number of carboxylic acids is 1. The van der Waals surface area contributed by atoms with Gasteiger partial charge in [0.15, 0.2) is 0 Å². The number of carboxylic acid groups (broad SMARTS) is 1. The monoisotopic (exact) mass is 357 g/mol. The summed E-state index contributed by atoms with van der Waals surface area (Å²) in [6.45, 7) is 0. The van der Waals surface area contributed by atoms with E-state index in [9.17, 15) is 24.3 Å². The number of anilines is 1. The van der Waals surface area contributed by atoms with Crippen LogP contribution in [0.1, 0.15) is 41.4 Å². The van der Waals surface area contributed by atoms with Gasteiger partial charge in [0.2, 0.25) is 0 Å². The van der Waals surface area contributed by atoms with Gasteiger partial charge in [-0.1, -0.05) is 11.6 Å². The number of halogens is 1. The number of carbonyl (C=O) groups excluding carboxylic acids is 4. The number of aromatic carboxylic acids is 1. The fraction of sp³-hybridized carbons (Fsp3) is 0.0588. The maximum Gasteiger partial charge on any atom is 0.261 e. The summed E-state index contributed by atoms with van der Waals surface area (Å²) >= 11 is 5.74. The van der Waals surface area contributed by atoms with Crippen LogP contribution < -0.4 is 10.4 Å². The van der Waals surface area contributed by atoms with Crippen LogP contribution in [0.4, 0.5) is 5.69 Å². The highest BCUT2D eigenvalue weighted by Crippen LogP contribution is 2.24. The third-order valence-corrected chi connectivity index (χ3v) is 4.04. The molecule has 2 aromatic rings. The summed E-state index contributed by atoms with van der Waals surface area (Å²) in [5.41, 5.74) is 0.180. The van der Waals surface area contributed by atoms with Crippen molar-refractivity contribution in [1.82, 2.24) is 4.90 Å². The molecule has 0 unspecified atom stereocenters. The lowest BCUT2D eigenvalue weighted by Gasteiger charge is -2.12. The van der Waals surface area contributed by atoms with Crippen LogP contribution in [0.3, 0.4) is 0 Å². The number of benzene rings is 2. The molecular formula is C17H10ClN2O5-. The number of carbonyl (C=O) groups is 4. The van der Waals surface area contributed by atoms with Crippen LogP contribution in [0.15, 0.2) is 36.4 Å². The lowest BCUT2D eigenvalue weighted by atomic mass is 10.0. The van der Waals surface area contributed by atoms with Gasteiger partial charge in [-0.3, -0.25) is 19.3 Å². The fourth-order valence-electron chi connectivity index (χ4n) is 2.49. The summed E-state index contributed by atoms with van der Waals surface area (Å²) in [4.78, 5) is 48.3. The van der Waals surface area contributed by atoms with Crippen molar-refractivity contribution in [2.24, 2.45) is 0 Å². The molecule has 1 N–H and O–H groups in total. The first kappa shape index (κ1) is 16.7. The molecule has 0 radical (unpaired) electrons. The van der Waals surface area contributed by atoms with Gasteiger partial charge in [0.05, 0.1) is 22.8 Å². The Labute approximate surface area is 146 Å². The van der Waals surface area contributed by atoms with Crippen LogP contribution in [0.2, 0.25) is 5.02 Å². The number of fused-ring (bicyclic) bond motifs is 1. The first-order valence-corrected chi connectivity index (χ1v) is 7.46. The molecule has 8 heteroatoms. The molecule has 0 spiro atoms. The van der Waals surface area contributed by atoms with Gasteiger partial charge < -0.3 is 15.2 Å². The second-order valence-corrected chi connectivity index (χ2v) is 5.80. The van der Waals surface area contributed by atoms with Crippen molar-refractivity contribution >= 4 is 41.0 Å². The van der Waals surface area contributed by atoms with Crippen molar-refractivity contribution in [2.75, 3.05) is 12.4 Å². The third-order valence-electron chi connectivity index (χ3n) is 3.80. The number of hydrogen-bond acceptors (Lipinski definition) is 5. The molecule has 0 atom stereocenters. The van der Waals surface area contributed by atoms with Crippen LogP contribution in [-0.2, 0) is 0 Å². The van der Waals surface area contributed by atoms with E-state index in [-0.39, 0.29) is 33.0 Å². The summed E-state index contributed by atoms with van der Waals surface area (Å²) < 4.78 is 0. The number of amides is 3. The van der Waals surface area contributed by atoms with Gasteiger partial charge in [0.1, 0.15) is 0 Å². The van der Waals surface area contributed by atoms with Crippen molar-refractivity contribution in [3.05, 3.63) is 63.7 Å². The van der Waals surface area contributed by atoms with Crippen LogP contribution in [0.25, 0.3) is 0 Å².